The molecule has 0 saturated carbocycles. The van der Waals surface area contributed by atoms with Crippen LogP contribution in [0.4, 0.5) is 0 Å². The van der Waals surface area contributed by atoms with E-state index in [4.69, 9.17) is 4.98 Å². The minimum atomic E-state index is -0.150. The third kappa shape index (κ3) is 4.29. The first kappa shape index (κ1) is 28.5. The maximum atomic E-state index is 5.03. The van der Waals surface area contributed by atoms with Gasteiger partial charge in [0.15, 0.2) is 0 Å². The number of fused-ring (bicyclic) bond motifs is 6. The summed E-state index contributed by atoms with van der Waals surface area (Å²) >= 11 is 0. The van der Waals surface area contributed by atoms with Crippen LogP contribution in [0.5, 0.6) is 0 Å². The second-order valence-corrected chi connectivity index (χ2v) is 14.0. The van der Waals surface area contributed by atoms with Gasteiger partial charge in [0.2, 0.25) is 0 Å². The average Bonchev–Trinajstić information content (AvgIpc) is 3.50. The molecule has 0 unspecified atom stereocenters. The summed E-state index contributed by atoms with van der Waals surface area (Å²) in [6.07, 6.45) is 9.22. The summed E-state index contributed by atoms with van der Waals surface area (Å²) < 4.78 is 0. The van der Waals surface area contributed by atoms with Crippen molar-refractivity contribution in [3.63, 3.8) is 0 Å². The topological polar surface area (TPSA) is 51.6 Å². The van der Waals surface area contributed by atoms with Gasteiger partial charge in [-0.1, -0.05) is 58.0 Å². The molecule has 7 aromatic rings. The summed E-state index contributed by atoms with van der Waals surface area (Å²) in [6.45, 7) is 9.46. The molecule has 3 aromatic carbocycles. The van der Waals surface area contributed by atoms with Crippen molar-refractivity contribution in [2.45, 2.75) is 38.5 Å². The Bertz CT molecular complexity index is 2220. The number of hydrogen-bond acceptors (Lipinski definition) is 4. The first-order valence-corrected chi connectivity index (χ1v) is 16.5. The van der Waals surface area contributed by atoms with E-state index in [9.17, 15) is 0 Å². The molecule has 0 bridgehead atoms. The van der Waals surface area contributed by atoms with Crippen LogP contribution in [0.3, 0.4) is 0 Å². The van der Waals surface area contributed by atoms with Crippen LogP contribution < -0.4 is 0 Å². The molecular formula is C44H34N4. The van der Waals surface area contributed by atoms with E-state index in [2.05, 4.69) is 134 Å². The normalized spacial score (nSPS) is 14.6. The van der Waals surface area contributed by atoms with Gasteiger partial charge in [-0.3, -0.25) is 15.0 Å². The highest BCUT2D eigenvalue weighted by Crippen LogP contribution is 2.56. The van der Waals surface area contributed by atoms with E-state index in [1.807, 2.05) is 30.7 Å². The van der Waals surface area contributed by atoms with Gasteiger partial charge in [0.25, 0.3) is 0 Å². The van der Waals surface area contributed by atoms with Crippen molar-refractivity contribution in [3.05, 3.63) is 156 Å². The molecular weight excluding hydrogens is 585 g/mol. The van der Waals surface area contributed by atoms with Crippen molar-refractivity contribution in [1.29, 1.82) is 0 Å². The lowest BCUT2D eigenvalue weighted by Gasteiger charge is -2.24. The van der Waals surface area contributed by atoms with Crippen LogP contribution in [0.15, 0.2) is 134 Å². The van der Waals surface area contributed by atoms with Crippen LogP contribution in [0.2, 0.25) is 0 Å². The molecule has 0 fully saturated rings. The quantitative estimate of drug-likeness (QED) is 0.197. The third-order valence-corrected chi connectivity index (χ3v) is 10.5. The molecule has 9 rings (SSSR count). The summed E-state index contributed by atoms with van der Waals surface area (Å²) in [6, 6.07) is 37.3. The fourth-order valence-electron chi connectivity index (χ4n) is 7.85. The fourth-order valence-corrected chi connectivity index (χ4v) is 7.85. The average molecular weight is 619 g/mol. The van der Waals surface area contributed by atoms with Gasteiger partial charge >= 0.3 is 0 Å². The van der Waals surface area contributed by atoms with Crippen LogP contribution in [-0.2, 0) is 10.8 Å². The zero-order chi connectivity index (χ0) is 32.6. The van der Waals surface area contributed by atoms with Gasteiger partial charge in [-0.25, -0.2) is 4.98 Å². The molecule has 0 spiro atoms. The van der Waals surface area contributed by atoms with Crippen LogP contribution >= 0.6 is 0 Å². The molecule has 4 nitrogen and oxygen atoms in total. The molecule has 2 aliphatic rings. The van der Waals surface area contributed by atoms with E-state index < -0.39 is 0 Å². The molecule has 0 aliphatic heterocycles. The predicted octanol–water partition coefficient (Wildman–Crippen LogP) is 10.5. The van der Waals surface area contributed by atoms with Gasteiger partial charge in [0.1, 0.15) is 0 Å². The number of benzene rings is 3. The Labute approximate surface area is 281 Å². The monoisotopic (exact) mass is 618 g/mol. The minimum Gasteiger partial charge on any atom is -0.264 e. The SMILES string of the molecule is CC1(C)c2cc(-c3ccnc(-c4cccnc4)c3)ccc2-c2cc3c(cc21)-c1ccc(-c2cccc(-c4cccnc4)n2)cc1C3(C)C. The van der Waals surface area contributed by atoms with Gasteiger partial charge < -0.3 is 0 Å². The predicted molar refractivity (Wildman–Crippen MR) is 194 cm³/mol. The van der Waals surface area contributed by atoms with Crippen molar-refractivity contribution in [3.8, 4) is 67.2 Å². The number of nitrogens with zero attached hydrogens (tertiary/aromatic N) is 4. The second-order valence-electron chi connectivity index (χ2n) is 14.0. The van der Waals surface area contributed by atoms with E-state index in [1.54, 1.807) is 12.4 Å². The lowest BCUT2D eigenvalue weighted by Crippen LogP contribution is -2.17. The van der Waals surface area contributed by atoms with Crippen LogP contribution in [0.25, 0.3) is 67.2 Å². The number of aromatic nitrogens is 4. The largest absolute Gasteiger partial charge is 0.264 e. The number of rotatable bonds is 4. The van der Waals surface area contributed by atoms with Crippen molar-refractivity contribution >= 4 is 0 Å². The van der Waals surface area contributed by atoms with Gasteiger partial charge in [0.05, 0.1) is 17.1 Å². The van der Waals surface area contributed by atoms with Crippen molar-refractivity contribution < 1.29 is 0 Å². The van der Waals surface area contributed by atoms with Gasteiger partial charge in [-0.2, -0.15) is 0 Å². The van der Waals surface area contributed by atoms with E-state index in [1.165, 1.54) is 50.1 Å². The molecule has 0 N–H and O–H groups in total. The smallest absolute Gasteiger partial charge is 0.0725 e. The van der Waals surface area contributed by atoms with Gasteiger partial charge in [-0.05, 0) is 128 Å². The molecule has 4 aromatic heterocycles. The Morgan fingerprint density at radius 2 is 0.917 bits per heavy atom. The first-order chi connectivity index (χ1) is 23.3. The Kier molecular flexibility index (Phi) is 6.16. The van der Waals surface area contributed by atoms with Gasteiger partial charge in [-0.15, -0.1) is 0 Å². The number of hydrogen-bond donors (Lipinski definition) is 0. The molecule has 0 amide bonds. The molecule has 230 valence electrons. The molecule has 4 heterocycles. The van der Waals surface area contributed by atoms with E-state index >= 15 is 0 Å². The van der Waals surface area contributed by atoms with Crippen LogP contribution in [0.1, 0.15) is 49.9 Å². The Balaban J connectivity index is 1.10. The molecule has 48 heavy (non-hydrogen) atoms. The van der Waals surface area contributed by atoms with E-state index in [0.29, 0.717) is 0 Å². The standard InChI is InChI=1S/C44H34N4/c1-43(2)36-20-27(28-16-19-47-42(22-28)31-9-7-18-46-26-31)12-14-32(36)34-23-39-35(24-38(34)43)33-15-13-29(21-37(33)44(39,3)4)40-10-5-11-41(48-40)30-8-6-17-45-25-30/h5-26H,1-4H3. The Morgan fingerprint density at radius 3 is 1.52 bits per heavy atom. The number of pyridine rings is 4. The second kappa shape index (κ2) is 10.4. The Morgan fingerprint density at radius 1 is 0.396 bits per heavy atom. The third-order valence-electron chi connectivity index (χ3n) is 10.5. The molecule has 4 heteroatoms. The molecule has 0 atom stereocenters. The highest BCUT2D eigenvalue weighted by molar-refractivity contribution is 5.91. The van der Waals surface area contributed by atoms with Crippen LogP contribution in [0, 0.1) is 0 Å². The summed E-state index contributed by atoms with van der Waals surface area (Å²) in [5, 5.41) is 0. The molecule has 0 saturated heterocycles. The summed E-state index contributed by atoms with van der Waals surface area (Å²) in [5.41, 5.74) is 18.9. The highest BCUT2D eigenvalue weighted by atomic mass is 14.7. The fraction of sp³-hybridized carbons (Fsp3) is 0.136. The zero-order valence-electron chi connectivity index (χ0n) is 27.5. The minimum absolute atomic E-state index is 0.140. The molecule has 2 aliphatic carbocycles. The van der Waals surface area contributed by atoms with Crippen LogP contribution in [-0.4, -0.2) is 19.9 Å². The first-order valence-electron chi connectivity index (χ1n) is 16.5. The van der Waals surface area contributed by atoms with Gasteiger partial charge in [0, 0.05) is 58.5 Å². The lowest BCUT2D eigenvalue weighted by atomic mass is 9.79. The van der Waals surface area contributed by atoms with Crippen molar-refractivity contribution in [2.24, 2.45) is 0 Å². The van der Waals surface area contributed by atoms with E-state index in [0.717, 1.165) is 39.3 Å². The molecule has 0 radical (unpaired) electrons. The summed E-state index contributed by atoms with van der Waals surface area (Å²) in [4.78, 5) is 18.2. The highest BCUT2D eigenvalue weighted by Gasteiger charge is 2.41. The zero-order valence-corrected chi connectivity index (χ0v) is 27.5. The maximum Gasteiger partial charge on any atom is 0.0725 e. The summed E-state index contributed by atoms with van der Waals surface area (Å²) in [5.74, 6) is 0. The van der Waals surface area contributed by atoms with Crippen molar-refractivity contribution in [2.75, 3.05) is 0 Å². The maximum absolute atomic E-state index is 5.03. The lowest BCUT2D eigenvalue weighted by molar-refractivity contribution is 0.652. The summed E-state index contributed by atoms with van der Waals surface area (Å²) in [7, 11) is 0. The van der Waals surface area contributed by atoms with E-state index in [-0.39, 0.29) is 10.8 Å². The van der Waals surface area contributed by atoms with Crippen molar-refractivity contribution in [1.82, 2.24) is 19.9 Å². The Hall–Kier alpha value is -5.74.